The molecule has 0 unspecified atom stereocenters. The summed E-state index contributed by atoms with van der Waals surface area (Å²) in [7, 11) is -1.80. The third-order valence-corrected chi connectivity index (χ3v) is 7.16. The summed E-state index contributed by atoms with van der Waals surface area (Å²) in [6.45, 7) is 5.70. The third kappa shape index (κ3) is 4.08. The maximum atomic E-state index is 12.8. The molecule has 0 amide bonds. The average Bonchev–Trinajstić information content (AvgIpc) is 3.39. The van der Waals surface area contributed by atoms with Crippen molar-refractivity contribution in [1.29, 1.82) is 0 Å². The van der Waals surface area contributed by atoms with Gasteiger partial charge in [0.05, 0.1) is 18.1 Å². The number of aromatic nitrogens is 6. The molecule has 1 N–H and O–H groups in total. The Morgan fingerprint density at radius 2 is 1.90 bits per heavy atom. The van der Waals surface area contributed by atoms with Crippen LogP contribution in [0.2, 0.25) is 0 Å². The second kappa shape index (κ2) is 8.15. The van der Waals surface area contributed by atoms with Crippen LogP contribution in [-0.4, -0.2) is 61.4 Å². The Morgan fingerprint density at radius 1 is 1.13 bits per heavy atom. The lowest BCUT2D eigenvalue weighted by Crippen LogP contribution is -2.42. The predicted octanol–water partition coefficient (Wildman–Crippen LogP) is 1.67. The molecule has 1 aliphatic heterocycles. The molecule has 0 bridgehead atoms. The van der Waals surface area contributed by atoms with Crippen molar-refractivity contribution in [2.24, 2.45) is 7.05 Å². The molecule has 4 heterocycles. The van der Waals surface area contributed by atoms with Gasteiger partial charge in [-0.3, -0.25) is 9.36 Å². The van der Waals surface area contributed by atoms with Gasteiger partial charge < -0.3 is 5.32 Å². The number of hydrogen-bond donors (Lipinski definition) is 1. The van der Waals surface area contributed by atoms with E-state index >= 15 is 0 Å². The molecule has 1 fully saturated rings. The molecule has 0 saturated carbocycles. The van der Waals surface area contributed by atoms with Crippen molar-refractivity contribution in [3.8, 4) is 11.3 Å². The first-order valence-corrected chi connectivity index (χ1v) is 11.4. The van der Waals surface area contributed by atoms with Gasteiger partial charge in [0.15, 0.2) is 0 Å². The first-order valence-electron chi connectivity index (χ1n) is 9.98. The van der Waals surface area contributed by atoms with Crippen molar-refractivity contribution in [2.75, 3.05) is 18.4 Å². The minimum atomic E-state index is -3.50. The largest absolute Gasteiger partial charge is 0.351 e. The summed E-state index contributed by atoms with van der Waals surface area (Å²) >= 11 is 0. The lowest BCUT2D eigenvalue weighted by atomic mass is 10.1. The van der Waals surface area contributed by atoms with Gasteiger partial charge in [0, 0.05) is 56.9 Å². The van der Waals surface area contributed by atoms with E-state index in [0.29, 0.717) is 31.9 Å². The van der Waals surface area contributed by atoms with Gasteiger partial charge in [-0.25, -0.2) is 18.4 Å². The van der Waals surface area contributed by atoms with Crippen LogP contribution in [0.1, 0.15) is 25.3 Å². The van der Waals surface area contributed by atoms with Gasteiger partial charge in [-0.05, 0) is 32.3 Å². The number of anilines is 1. The van der Waals surface area contributed by atoms with Crippen LogP contribution in [-0.2, 0) is 23.6 Å². The van der Waals surface area contributed by atoms with Crippen molar-refractivity contribution in [3.63, 3.8) is 0 Å². The maximum absolute atomic E-state index is 12.8. The minimum Gasteiger partial charge on any atom is -0.351 e. The van der Waals surface area contributed by atoms with E-state index in [2.05, 4.69) is 25.5 Å². The molecule has 11 heteroatoms. The average molecular weight is 431 g/mol. The van der Waals surface area contributed by atoms with Gasteiger partial charge in [0.1, 0.15) is 4.90 Å². The summed E-state index contributed by atoms with van der Waals surface area (Å²) < 4.78 is 30.4. The number of piperidine rings is 1. The van der Waals surface area contributed by atoms with E-state index < -0.39 is 10.0 Å². The third-order valence-electron chi connectivity index (χ3n) is 5.31. The summed E-state index contributed by atoms with van der Waals surface area (Å²) in [5.41, 5.74) is 2.79. The molecule has 3 aromatic heterocycles. The zero-order valence-corrected chi connectivity index (χ0v) is 18.2. The Labute approximate surface area is 176 Å². The van der Waals surface area contributed by atoms with Gasteiger partial charge >= 0.3 is 0 Å². The van der Waals surface area contributed by atoms with Crippen LogP contribution in [0.3, 0.4) is 0 Å². The highest BCUT2D eigenvalue weighted by Gasteiger charge is 2.30. The van der Waals surface area contributed by atoms with Gasteiger partial charge in [-0.15, -0.1) is 0 Å². The molecule has 0 atom stereocenters. The molecule has 0 radical (unpaired) electrons. The number of rotatable bonds is 6. The molecule has 160 valence electrons. The molecule has 4 rings (SSSR count). The zero-order chi connectivity index (χ0) is 21.3. The second-order valence-electron chi connectivity index (χ2n) is 7.48. The minimum absolute atomic E-state index is 0.110. The number of hydrogen-bond acceptors (Lipinski definition) is 7. The summed E-state index contributed by atoms with van der Waals surface area (Å²) in [4.78, 5) is 9.33. The van der Waals surface area contributed by atoms with E-state index in [1.54, 1.807) is 13.2 Å². The smallest absolute Gasteiger partial charge is 0.246 e. The normalized spacial score (nSPS) is 16.1. The summed E-state index contributed by atoms with van der Waals surface area (Å²) in [6.07, 6.45) is 9.87. The molecule has 1 saturated heterocycles. The number of aryl methyl sites for hydroxylation is 3. The molecule has 3 aromatic rings. The van der Waals surface area contributed by atoms with Crippen LogP contribution < -0.4 is 5.32 Å². The predicted molar refractivity (Wildman–Crippen MR) is 112 cm³/mol. The highest BCUT2D eigenvalue weighted by Crippen LogP contribution is 2.24. The van der Waals surface area contributed by atoms with Crippen LogP contribution in [0.5, 0.6) is 0 Å². The van der Waals surface area contributed by atoms with Crippen molar-refractivity contribution >= 4 is 16.0 Å². The lowest BCUT2D eigenvalue weighted by molar-refractivity contribution is 0.329. The number of nitrogens with one attached hydrogen (secondary N) is 1. The van der Waals surface area contributed by atoms with Gasteiger partial charge in [-0.1, -0.05) is 0 Å². The van der Waals surface area contributed by atoms with E-state index in [9.17, 15) is 8.42 Å². The Hall–Kier alpha value is -2.79. The monoisotopic (exact) mass is 430 g/mol. The van der Waals surface area contributed by atoms with Crippen molar-refractivity contribution in [2.45, 2.75) is 44.2 Å². The molecule has 0 aromatic carbocycles. The van der Waals surface area contributed by atoms with Gasteiger partial charge in [0.25, 0.3) is 0 Å². The van der Waals surface area contributed by atoms with Crippen molar-refractivity contribution in [1.82, 2.24) is 33.8 Å². The molecule has 1 aliphatic rings. The summed E-state index contributed by atoms with van der Waals surface area (Å²) in [5, 5.41) is 11.7. The van der Waals surface area contributed by atoms with Crippen LogP contribution in [0, 0.1) is 6.92 Å². The topological polar surface area (TPSA) is 111 Å². The zero-order valence-electron chi connectivity index (χ0n) is 17.4. The Balaban J connectivity index is 1.42. The first kappa shape index (κ1) is 20.5. The van der Waals surface area contributed by atoms with E-state index in [1.165, 1.54) is 21.4 Å². The first-order chi connectivity index (χ1) is 14.4. The fraction of sp³-hybridized carbons (Fsp3) is 0.474. The van der Waals surface area contributed by atoms with E-state index in [1.807, 2.05) is 30.9 Å². The SMILES string of the molecule is CCn1cc(-c2nc(NC3CCN(S(=O)(=O)c4cnn(C)c4)CC3)ncc2C)cn1. The van der Waals surface area contributed by atoms with E-state index in [-0.39, 0.29) is 10.9 Å². The molecule has 30 heavy (non-hydrogen) atoms. The van der Waals surface area contributed by atoms with Crippen LogP contribution in [0.25, 0.3) is 11.3 Å². The standard InChI is InChI=1S/C19H26N8O2S/c1-4-26-12-15(10-22-26)18-14(2)9-20-19(24-18)23-16-5-7-27(8-6-16)30(28,29)17-11-21-25(3)13-17/h9-13,16H,4-8H2,1-3H3,(H,20,23,24). The van der Waals surface area contributed by atoms with Crippen molar-refractivity contribution < 1.29 is 8.42 Å². The van der Waals surface area contributed by atoms with Gasteiger partial charge in [0.2, 0.25) is 16.0 Å². The van der Waals surface area contributed by atoms with E-state index in [0.717, 1.165) is 23.4 Å². The fourth-order valence-corrected chi connectivity index (χ4v) is 5.02. The highest BCUT2D eigenvalue weighted by molar-refractivity contribution is 7.89. The van der Waals surface area contributed by atoms with Crippen molar-refractivity contribution in [3.05, 3.63) is 36.5 Å². The molecule has 0 spiro atoms. The molecule has 10 nitrogen and oxygen atoms in total. The second-order valence-corrected chi connectivity index (χ2v) is 9.42. The highest BCUT2D eigenvalue weighted by atomic mass is 32.2. The Kier molecular flexibility index (Phi) is 5.56. The van der Waals surface area contributed by atoms with E-state index in [4.69, 9.17) is 0 Å². The maximum Gasteiger partial charge on any atom is 0.246 e. The molecular weight excluding hydrogens is 404 g/mol. The quantitative estimate of drug-likeness (QED) is 0.633. The Morgan fingerprint density at radius 3 is 2.53 bits per heavy atom. The van der Waals surface area contributed by atoms with Crippen LogP contribution >= 0.6 is 0 Å². The lowest BCUT2D eigenvalue weighted by Gasteiger charge is -2.31. The molecular formula is C19H26N8O2S. The number of sulfonamides is 1. The number of nitrogens with zero attached hydrogens (tertiary/aromatic N) is 7. The summed E-state index contributed by atoms with van der Waals surface area (Å²) in [5.74, 6) is 0.549. The summed E-state index contributed by atoms with van der Waals surface area (Å²) in [6, 6.07) is 0.110. The van der Waals surface area contributed by atoms with Crippen LogP contribution in [0.15, 0.2) is 35.9 Å². The fourth-order valence-electron chi connectivity index (χ4n) is 3.57. The van der Waals surface area contributed by atoms with Crippen LogP contribution in [0.4, 0.5) is 5.95 Å². The Bertz CT molecular complexity index is 1130. The van der Waals surface area contributed by atoms with Gasteiger partial charge in [-0.2, -0.15) is 14.5 Å². The molecule has 0 aliphatic carbocycles.